The van der Waals surface area contributed by atoms with Crippen LogP contribution in [0.2, 0.25) is 0 Å². The van der Waals surface area contributed by atoms with E-state index in [0.717, 1.165) is 0 Å². The molecule has 0 unspecified atom stereocenters. The summed E-state index contributed by atoms with van der Waals surface area (Å²) in [6.45, 7) is 2.65. The zero-order chi connectivity index (χ0) is 18.7. The number of pyridine rings is 1. The maximum atomic E-state index is 13.2. The maximum absolute atomic E-state index is 13.2. The summed E-state index contributed by atoms with van der Waals surface area (Å²) in [5.74, 6) is -1.40. The number of aromatic nitrogens is 1. The molecule has 0 aliphatic heterocycles. The number of ether oxygens (including phenoxy) is 1. The van der Waals surface area contributed by atoms with Crippen LogP contribution in [0.3, 0.4) is 0 Å². The second-order valence-electron chi connectivity index (χ2n) is 4.62. The molecule has 24 heavy (non-hydrogen) atoms. The SMILES string of the molecule is CCCc1c(C(=O)Cl)c(C(F)F)nc(C(F)(F)F)c1C(=O)OCC. The van der Waals surface area contributed by atoms with Crippen LogP contribution in [0.1, 0.15) is 64.4 Å². The molecule has 1 aromatic rings. The third-order valence-electron chi connectivity index (χ3n) is 2.98. The summed E-state index contributed by atoms with van der Waals surface area (Å²) in [5.41, 5.74) is -5.70. The largest absolute Gasteiger partial charge is 0.462 e. The van der Waals surface area contributed by atoms with Gasteiger partial charge < -0.3 is 4.74 Å². The van der Waals surface area contributed by atoms with Crippen molar-refractivity contribution in [2.75, 3.05) is 6.61 Å². The number of esters is 1. The lowest BCUT2D eigenvalue weighted by Gasteiger charge is -2.19. The van der Waals surface area contributed by atoms with Crippen LogP contribution in [-0.4, -0.2) is 22.8 Å². The molecule has 10 heteroatoms. The Morgan fingerprint density at radius 2 is 1.79 bits per heavy atom. The molecule has 1 rings (SSSR count). The van der Waals surface area contributed by atoms with Crippen molar-refractivity contribution in [3.8, 4) is 0 Å². The Hall–Kier alpha value is -1.77. The number of alkyl halides is 5. The van der Waals surface area contributed by atoms with Gasteiger partial charge in [0, 0.05) is 0 Å². The van der Waals surface area contributed by atoms with E-state index in [9.17, 15) is 31.5 Å². The van der Waals surface area contributed by atoms with E-state index in [1.807, 2.05) is 0 Å². The van der Waals surface area contributed by atoms with Crippen molar-refractivity contribution in [3.05, 3.63) is 28.1 Å². The topological polar surface area (TPSA) is 56.3 Å². The molecule has 0 N–H and O–H groups in total. The van der Waals surface area contributed by atoms with Crippen LogP contribution in [0.4, 0.5) is 22.0 Å². The first-order chi connectivity index (χ1) is 11.1. The molecule has 0 saturated carbocycles. The van der Waals surface area contributed by atoms with Crippen LogP contribution in [0.15, 0.2) is 0 Å². The lowest BCUT2D eigenvalue weighted by Crippen LogP contribution is -2.24. The highest BCUT2D eigenvalue weighted by Gasteiger charge is 2.42. The Bertz CT molecular complexity index is 646. The van der Waals surface area contributed by atoms with Crippen LogP contribution in [0.5, 0.6) is 0 Å². The van der Waals surface area contributed by atoms with Gasteiger partial charge >= 0.3 is 12.1 Å². The third kappa shape index (κ3) is 4.19. The zero-order valence-corrected chi connectivity index (χ0v) is 13.4. The average molecular weight is 374 g/mol. The number of hydrogen-bond donors (Lipinski definition) is 0. The highest BCUT2D eigenvalue weighted by atomic mass is 35.5. The van der Waals surface area contributed by atoms with Crippen LogP contribution in [0.25, 0.3) is 0 Å². The molecule has 0 amide bonds. The molecule has 0 radical (unpaired) electrons. The molecule has 0 saturated heterocycles. The second kappa shape index (κ2) is 7.87. The van der Waals surface area contributed by atoms with E-state index in [1.165, 1.54) is 13.8 Å². The minimum atomic E-state index is -5.19. The van der Waals surface area contributed by atoms with Crippen molar-refractivity contribution < 1.29 is 36.3 Å². The van der Waals surface area contributed by atoms with Gasteiger partial charge in [0.05, 0.1) is 17.7 Å². The van der Waals surface area contributed by atoms with Gasteiger partial charge in [0.15, 0.2) is 5.69 Å². The molecular weight excluding hydrogens is 361 g/mol. The molecule has 1 heterocycles. The highest BCUT2D eigenvalue weighted by molar-refractivity contribution is 6.68. The van der Waals surface area contributed by atoms with Crippen molar-refractivity contribution in [2.45, 2.75) is 39.3 Å². The standard InChI is InChI=1S/C14H13ClF5NO3/c1-3-5-6-7(11(15)22)9(12(16)17)21-10(14(18,19)20)8(6)13(23)24-4-2/h12H,3-5H2,1-2H3. The number of carbonyl (C=O) groups excluding carboxylic acids is 2. The minimum Gasteiger partial charge on any atom is -0.462 e. The highest BCUT2D eigenvalue weighted by Crippen LogP contribution is 2.37. The molecule has 0 aromatic carbocycles. The molecule has 0 aliphatic carbocycles. The fourth-order valence-electron chi connectivity index (χ4n) is 2.16. The lowest BCUT2D eigenvalue weighted by atomic mass is 9.94. The van der Waals surface area contributed by atoms with Gasteiger partial charge in [0.2, 0.25) is 0 Å². The summed E-state index contributed by atoms with van der Waals surface area (Å²) < 4.78 is 70.4. The summed E-state index contributed by atoms with van der Waals surface area (Å²) in [6.07, 6.45) is -8.75. The van der Waals surface area contributed by atoms with E-state index in [-0.39, 0.29) is 19.4 Å². The summed E-state index contributed by atoms with van der Waals surface area (Å²) >= 11 is 5.27. The van der Waals surface area contributed by atoms with E-state index in [0.29, 0.717) is 0 Å². The molecule has 0 atom stereocenters. The predicted molar refractivity (Wildman–Crippen MR) is 74.3 cm³/mol. The molecule has 134 valence electrons. The van der Waals surface area contributed by atoms with Crippen LogP contribution < -0.4 is 0 Å². The van der Waals surface area contributed by atoms with Crippen molar-refractivity contribution in [1.29, 1.82) is 0 Å². The predicted octanol–water partition coefficient (Wildman–Crippen LogP) is 4.55. The first kappa shape index (κ1) is 20.3. The fourth-order valence-corrected chi connectivity index (χ4v) is 2.37. The van der Waals surface area contributed by atoms with E-state index < -0.39 is 51.9 Å². The minimum absolute atomic E-state index is 0.174. The summed E-state index contributed by atoms with van der Waals surface area (Å²) in [5, 5.41) is -1.42. The van der Waals surface area contributed by atoms with Gasteiger partial charge in [-0.3, -0.25) is 4.79 Å². The first-order valence-corrected chi connectivity index (χ1v) is 7.23. The number of nitrogens with zero attached hydrogens (tertiary/aromatic N) is 1. The molecule has 4 nitrogen and oxygen atoms in total. The van der Waals surface area contributed by atoms with Gasteiger partial charge in [-0.1, -0.05) is 13.3 Å². The quantitative estimate of drug-likeness (QED) is 0.417. The van der Waals surface area contributed by atoms with Crippen molar-refractivity contribution in [2.24, 2.45) is 0 Å². The summed E-state index contributed by atoms with van der Waals surface area (Å²) in [4.78, 5) is 26.3. The molecule has 0 fully saturated rings. The summed E-state index contributed by atoms with van der Waals surface area (Å²) in [6, 6.07) is 0. The molecule has 0 bridgehead atoms. The van der Waals surface area contributed by atoms with E-state index in [2.05, 4.69) is 9.72 Å². The smallest absolute Gasteiger partial charge is 0.434 e. The Labute approximate surface area is 139 Å². The molecule has 0 spiro atoms. The molecule has 1 aromatic heterocycles. The fraction of sp³-hybridized carbons (Fsp3) is 0.500. The van der Waals surface area contributed by atoms with E-state index in [4.69, 9.17) is 11.6 Å². The normalized spacial score (nSPS) is 11.7. The van der Waals surface area contributed by atoms with Gasteiger partial charge in [0.1, 0.15) is 5.69 Å². The lowest BCUT2D eigenvalue weighted by molar-refractivity contribution is -0.142. The van der Waals surface area contributed by atoms with Gasteiger partial charge in [-0.2, -0.15) is 13.2 Å². The maximum Gasteiger partial charge on any atom is 0.434 e. The average Bonchev–Trinajstić information content (AvgIpc) is 2.44. The van der Waals surface area contributed by atoms with Gasteiger partial charge in [-0.05, 0) is 30.5 Å². The monoisotopic (exact) mass is 373 g/mol. The third-order valence-corrected chi connectivity index (χ3v) is 3.17. The van der Waals surface area contributed by atoms with E-state index in [1.54, 1.807) is 0 Å². The number of rotatable bonds is 6. The van der Waals surface area contributed by atoms with Crippen LogP contribution >= 0.6 is 11.6 Å². The molecule has 0 aliphatic rings. The van der Waals surface area contributed by atoms with Crippen LogP contribution in [-0.2, 0) is 17.3 Å². The Morgan fingerprint density at radius 3 is 2.17 bits per heavy atom. The van der Waals surface area contributed by atoms with Crippen molar-refractivity contribution in [3.63, 3.8) is 0 Å². The molecular formula is C14H13ClF5NO3. The Kier molecular flexibility index (Phi) is 6.65. The van der Waals surface area contributed by atoms with Gasteiger partial charge in [0.25, 0.3) is 11.7 Å². The van der Waals surface area contributed by atoms with Gasteiger partial charge in [-0.15, -0.1) is 0 Å². The summed E-state index contributed by atoms with van der Waals surface area (Å²) in [7, 11) is 0. The van der Waals surface area contributed by atoms with Crippen LogP contribution in [0, 0.1) is 0 Å². The van der Waals surface area contributed by atoms with Crippen molar-refractivity contribution in [1.82, 2.24) is 4.98 Å². The number of carbonyl (C=O) groups is 2. The number of halogens is 6. The zero-order valence-electron chi connectivity index (χ0n) is 12.6. The van der Waals surface area contributed by atoms with E-state index >= 15 is 0 Å². The van der Waals surface area contributed by atoms with Crippen molar-refractivity contribution >= 4 is 22.8 Å². The second-order valence-corrected chi connectivity index (χ2v) is 4.96. The number of hydrogen-bond acceptors (Lipinski definition) is 4. The Balaban J connectivity index is 3.96. The first-order valence-electron chi connectivity index (χ1n) is 6.85. The van der Waals surface area contributed by atoms with Gasteiger partial charge in [-0.25, -0.2) is 18.6 Å². The Morgan fingerprint density at radius 1 is 1.21 bits per heavy atom.